The number of nitrogens with one attached hydrogen (secondary N) is 1. The number of aliphatic hydroxyl groups is 1. The fourth-order valence-electron chi connectivity index (χ4n) is 2.23. The molecule has 0 bridgehead atoms. The second-order valence-electron chi connectivity index (χ2n) is 4.75. The maximum atomic E-state index is 12.0. The van der Waals surface area contributed by atoms with Gasteiger partial charge in [-0.2, -0.15) is 0 Å². The molecule has 98 valence electrons. The Kier molecular flexibility index (Phi) is 4.09. The van der Waals surface area contributed by atoms with Gasteiger partial charge in [0.25, 0.3) is 5.91 Å². The first-order valence-electron chi connectivity index (χ1n) is 6.09. The van der Waals surface area contributed by atoms with E-state index in [2.05, 4.69) is 5.32 Å². The van der Waals surface area contributed by atoms with Gasteiger partial charge in [0.05, 0.1) is 6.10 Å². The molecular formula is C13H17ClN2O2. The van der Waals surface area contributed by atoms with Gasteiger partial charge in [-0.15, -0.1) is 0 Å². The third-order valence-corrected chi connectivity index (χ3v) is 3.43. The molecule has 4 N–H and O–H groups in total. The van der Waals surface area contributed by atoms with E-state index in [0.29, 0.717) is 16.3 Å². The zero-order chi connectivity index (χ0) is 13.1. The van der Waals surface area contributed by atoms with Crippen molar-refractivity contribution in [1.82, 2.24) is 5.32 Å². The Bertz CT molecular complexity index is 422. The number of nitrogens with two attached hydrogens (primary N) is 1. The lowest BCUT2D eigenvalue weighted by atomic mass is 9.93. The van der Waals surface area contributed by atoms with E-state index in [1.165, 1.54) is 0 Å². The molecule has 0 spiro atoms. The number of nitrogen functional groups attached to an aromatic ring is 1. The largest absolute Gasteiger partial charge is 0.399 e. The lowest BCUT2D eigenvalue weighted by Gasteiger charge is -2.26. The summed E-state index contributed by atoms with van der Waals surface area (Å²) < 4.78 is 0. The number of anilines is 1. The van der Waals surface area contributed by atoms with Crippen molar-refractivity contribution in [2.45, 2.75) is 37.8 Å². The van der Waals surface area contributed by atoms with E-state index in [1.807, 2.05) is 0 Å². The van der Waals surface area contributed by atoms with Gasteiger partial charge in [-0.1, -0.05) is 11.6 Å². The molecule has 1 saturated carbocycles. The van der Waals surface area contributed by atoms with Gasteiger partial charge in [-0.25, -0.2) is 0 Å². The molecule has 0 atom stereocenters. The molecule has 0 unspecified atom stereocenters. The average Bonchev–Trinajstić information content (AvgIpc) is 2.31. The van der Waals surface area contributed by atoms with Crippen LogP contribution in [0.2, 0.25) is 5.02 Å². The van der Waals surface area contributed by atoms with E-state index in [9.17, 15) is 9.90 Å². The van der Waals surface area contributed by atoms with Gasteiger partial charge in [0, 0.05) is 22.3 Å². The summed E-state index contributed by atoms with van der Waals surface area (Å²) in [6, 6.07) is 4.94. The van der Waals surface area contributed by atoms with Crippen molar-refractivity contribution in [3.8, 4) is 0 Å². The molecule has 1 aliphatic carbocycles. The summed E-state index contributed by atoms with van der Waals surface area (Å²) >= 11 is 5.86. The molecule has 0 heterocycles. The fraction of sp³-hybridized carbons (Fsp3) is 0.462. The normalized spacial score (nSPS) is 23.7. The molecule has 0 radical (unpaired) electrons. The molecule has 1 aliphatic rings. The number of hydrogen-bond donors (Lipinski definition) is 3. The van der Waals surface area contributed by atoms with Gasteiger partial charge in [0.2, 0.25) is 0 Å². The number of benzene rings is 1. The maximum Gasteiger partial charge on any atom is 0.251 e. The Morgan fingerprint density at radius 1 is 1.28 bits per heavy atom. The number of carbonyl (C=O) groups is 1. The van der Waals surface area contributed by atoms with Crippen LogP contribution in [-0.4, -0.2) is 23.2 Å². The van der Waals surface area contributed by atoms with Crippen LogP contribution in [0.4, 0.5) is 5.69 Å². The fourth-order valence-corrected chi connectivity index (χ4v) is 2.48. The number of rotatable bonds is 2. The summed E-state index contributed by atoms with van der Waals surface area (Å²) in [6.07, 6.45) is 2.87. The van der Waals surface area contributed by atoms with Gasteiger partial charge < -0.3 is 16.2 Å². The number of halogens is 1. The summed E-state index contributed by atoms with van der Waals surface area (Å²) in [7, 11) is 0. The Morgan fingerprint density at radius 3 is 2.56 bits per heavy atom. The van der Waals surface area contributed by atoms with Gasteiger partial charge in [0.15, 0.2) is 0 Å². The lowest BCUT2D eigenvalue weighted by Crippen LogP contribution is -2.38. The Hall–Kier alpha value is -1.26. The Morgan fingerprint density at radius 2 is 1.94 bits per heavy atom. The zero-order valence-electron chi connectivity index (χ0n) is 10.0. The van der Waals surface area contributed by atoms with E-state index in [-0.39, 0.29) is 18.1 Å². The van der Waals surface area contributed by atoms with E-state index in [0.717, 1.165) is 25.7 Å². The second-order valence-corrected chi connectivity index (χ2v) is 5.19. The first-order chi connectivity index (χ1) is 8.54. The predicted octanol–water partition coefficient (Wildman–Crippen LogP) is 1.96. The van der Waals surface area contributed by atoms with Crippen LogP contribution in [0.1, 0.15) is 36.0 Å². The van der Waals surface area contributed by atoms with Crippen LogP contribution in [-0.2, 0) is 0 Å². The van der Waals surface area contributed by atoms with Crippen molar-refractivity contribution >= 4 is 23.2 Å². The van der Waals surface area contributed by atoms with Crippen molar-refractivity contribution in [2.75, 3.05) is 5.73 Å². The first-order valence-corrected chi connectivity index (χ1v) is 6.47. The SMILES string of the molecule is Nc1cc(Cl)cc(C(=O)NC2CCC(O)CC2)c1. The maximum absolute atomic E-state index is 12.0. The highest BCUT2D eigenvalue weighted by molar-refractivity contribution is 6.31. The van der Waals surface area contributed by atoms with Crippen LogP contribution in [0.3, 0.4) is 0 Å². The molecule has 1 aromatic rings. The van der Waals surface area contributed by atoms with Crippen molar-refractivity contribution in [2.24, 2.45) is 0 Å². The molecule has 0 saturated heterocycles. The van der Waals surface area contributed by atoms with Crippen molar-refractivity contribution in [3.05, 3.63) is 28.8 Å². The summed E-state index contributed by atoms with van der Waals surface area (Å²) in [6.45, 7) is 0. The minimum Gasteiger partial charge on any atom is -0.399 e. The molecule has 1 aromatic carbocycles. The lowest BCUT2D eigenvalue weighted by molar-refractivity contribution is 0.0867. The second kappa shape index (κ2) is 5.59. The number of hydrogen-bond acceptors (Lipinski definition) is 3. The number of amides is 1. The van der Waals surface area contributed by atoms with Crippen LogP contribution >= 0.6 is 11.6 Å². The zero-order valence-corrected chi connectivity index (χ0v) is 10.8. The molecule has 18 heavy (non-hydrogen) atoms. The van der Waals surface area contributed by atoms with Crippen LogP contribution in [0, 0.1) is 0 Å². The minimum absolute atomic E-state index is 0.126. The molecular weight excluding hydrogens is 252 g/mol. The van der Waals surface area contributed by atoms with E-state index >= 15 is 0 Å². The van der Waals surface area contributed by atoms with Crippen LogP contribution in [0.5, 0.6) is 0 Å². The minimum atomic E-state index is -0.222. The number of aliphatic hydroxyl groups excluding tert-OH is 1. The van der Waals surface area contributed by atoms with Crippen LogP contribution in [0.15, 0.2) is 18.2 Å². The van der Waals surface area contributed by atoms with Gasteiger partial charge in [0.1, 0.15) is 0 Å². The van der Waals surface area contributed by atoms with Crippen molar-refractivity contribution in [3.63, 3.8) is 0 Å². The van der Waals surface area contributed by atoms with E-state index in [1.54, 1.807) is 18.2 Å². The predicted molar refractivity (Wildman–Crippen MR) is 71.6 cm³/mol. The summed E-state index contributed by atoms with van der Waals surface area (Å²) in [5.74, 6) is -0.161. The van der Waals surface area contributed by atoms with E-state index in [4.69, 9.17) is 17.3 Å². The number of carbonyl (C=O) groups excluding carboxylic acids is 1. The molecule has 5 heteroatoms. The third kappa shape index (κ3) is 3.37. The topological polar surface area (TPSA) is 75.4 Å². The molecule has 2 rings (SSSR count). The molecule has 1 amide bonds. The quantitative estimate of drug-likeness (QED) is 0.718. The Balaban J connectivity index is 1.99. The summed E-state index contributed by atoms with van der Waals surface area (Å²) in [5.41, 5.74) is 6.61. The Labute approximate surface area is 111 Å². The van der Waals surface area contributed by atoms with Crippen molar-refractivity contribution < 1.29 is 9.90 Å². The molecule has 1 fully saturated rings. The summed E-state index contributed by atoms with van der Waals surface area (Å²) in [5, 5.41) is 12.8. The highest BCUT2D eigenvalue weighted by Crippen LogP contribution is 2.20. The highest BCUT2D eigenvalue weighted by Gasteiger charge is 2.21. The third-order valence-electron chi connectivity index (χ3n) is 3.21. The van der Waals surface area contributed by atoms with Gasteiger partial charge in [-0.05, 0) is 43.9 Å². The standard InChI is InChI=1S/C13H17ClN2O2/c14-9-5-8(6-10(15)7-9)13(18)16-11-1-3-12(17)4-2-11/h5-7,11-12,17H,1-4,15H2,(H,16,18). The van der Waals surface area contributed by atoms with Crippen LogP contribution in [0.25, 0.3) is 0 Å². The van der Waals surface area contributed by atoms with Gasteiger partial charge >= 0.3 is 0 Å². The summed E-state index contributed by atoms with van der Waals surface area (Å²) in [4.78, 5) is 12.0. The molecule has 4 nitrogen and oxygen atoms in total. The van der Waals surface area contributed by atoms with Gasteiger partial charge in [-0.3, -0.25) is 4.79 Å². The average molecular weight is 269 g/mol. The molecule has 0 aromatic heterocycles. The smallest absolute Gasteiger partial charge is 0.251 e. The molecule has 0 aliphatic heterocycles. The van der Waals surface area contributed by atoms with Crippen molar-refractivity contribution in [1.29, 1.82) is 0 Å². The monoisotopic (exact) mass is 268 g/mol. The first kappa shape index (κ1) is 13.2. The van der Waals surface area contributed by atoms with E-state index < -0.39 is 0 Å². The highest BCUT2D eigenvalue weighted by atomic mass is 35.5. The van der Waals surface area contributed by atoms with Crippen LogP contribution < -0.4 is 11.1 Å².